The van der Waals surface area contributed by atoms with Crippen molar-refractivity contribution < 1.29 is 9.18 Å². The smallest absolute Gasteiger partial charge is 0.266 e. The molecule has 2 aliphatic heterocycles. The molecule has 2 heterocycles. The molecule has 4 rings (SSSR count). The third-order valence-electron chi connectivity index (χ3n) is 4.17. The number of hydrogen-bond acceptors (Lipinski definition) is 3. The number of hydrogen-bond donors (Lipinski definition) is 1. The molecule has 0 bridgehead atoms. The Hall–Kier alpha value is -2.53. The number of anilines is 1. The van der Waals surface area contributed by atoms with E-state index >= 15 is 0 Å². The van der Waals surface area contributed by atoms with Gasteiger partial charge in [0.1, 0.15) is 5.82 Å². The fourth-order valence-electron chi connectivity index (χ4n) is 3.16. The van der Waals surface area contributed by atoms with Crippen molar-refractivity contribution in [2.24, 2.45) is 10.7 Å². The lowest BCUT2D eigenvalue weighted by Crippen LogP contribution is -2.41. The molecule has 0 fully saturated rings. The van der Waals surface area contributed by atoms with Crippen molar-refractivity contribution in [3.63, 3.8) is 0 Å². The van der Waals surface area contributed by atoms with Crippen LogP contribution in [-0.2, 0) is 11.2 Å². The molecule has 2 N–H and O–H groups in total. The maximum Gasteiger partial charge on any atom is 0.266 e. The Labute approximate surface area is 127 Å². The lowest BCUT2D eigenvalue weighted by Gasteiger charge is -2.18. The van der Waals surface area contributed by atoms with E-state index < -0.39 is 6.17 Å². The number of nitrogens with two attached hydrogens (primary N) is 1. The topological polar surface area (TPSA) is 58.7 Å². The highest BCUT2D eigenvalue weighted by Crippen LogP contribution is 2.36. The normalized spacial score (nSPS) is 19.7. The van der Waals surface area contributed by atoms with Gasteiger partial charge in [0.25, 0.3) is 5.91 Å². The highest BCUT2D eigenvalue weighted by molar-refractivity contribution is 6.20. The average Bonchev–Trinajstić information content (AvgIpc) is 2.92. The molecule has 2 aromatic rings. The van der Waals surface area contributed by atoms with Crippen molar-refractivity contribution in [2.45, 2.75) is 12.6 Å². The first kappa shape index (κ1) is 13.2. The zero-order chi connectivity index (χ0) is 15.3. The summed E-state index contributed by atoms with van der Waals surface area (Å²) in [6.07, 6.45) is -0.223. The van der Waals surface area contributed by atoms with Crippen molar-refractivity contribution in [1.29, 1.82) is 0 Å². The Bertz CT molecular complexity index is 815. The second kappa shape index (κ2) is 4.74. The Morgan fingerprint density at radius 2 is 1.91 bits per heavy atom. The van der Waals surface area contributed by atoms with Crippen molar-refractivity contribution in [1.82, 2.24) is 0 Å². The fourth-order valence-corrected chi connectivity index (χ4v) is 3.16. The third-order valence-corrected chi connectivity index (χ3v) is 4.17. The molecule has 110 valence electrons. The molecule has 0 radical (unpaired) electrons. The van der Waals surface area contributed by atoms with Crippen LogP contribution in [0, 0.1) is 5.82 Å². The maximum atomic E-state index is 14.2. The monoisotopic (exact) mass is 295 g/mol. The summed E-state index contributed by atoms with van der Waals surface area (Å²) in [6.45, 7) is 0.596. The van der Waals surface area contributed by atoms with Gasteiger partial charge in [0, 0.05) is 17.7 Å². The summed E-state index contributed by atoms with van der Waals surface area (Å²) >= 11 is 0. The molecule has 0 saturated carbocycles. The minimum absolute atomic E-state index is 0.238. The summed E-state index contributed by atoms with van der Waals surface area (Å²) in [5.74, 6) is -0.609. The number of rotatable bonds is 1. The minimum Gasteiger partial charge on any atom is -0.308 e. The Morgan fingerprint density at radius 3 is 2.73 bits per heavy atom. The molecule has 5 heteroatoms. The molecule has 2 aliphatic rings. The van der Waals surface area contributed by atoms with E-state index in [9.17, 15) is 9.18 Å². The van der Waals surface area contributed by atoms with Gasteiger partial charge < -0.3 is 10.6 Å². The predicted octanol–water partition coefficient (Wildman–Crippen LogP) is 1.85. The quantitative estimate of drug-likeness (QED) is 0.873. The van der Waals surface area contributed by atoms with Gasteiger partial charge in [-0.15, -0.1) is 0 Å². The van der Waals surface area contributed by atoms with E-state index in [0.29, 0.717) is 17.8 Å². The number of amides is 1. The molecule has 0 saturated heterocycles. The van der Waals surface area contributed by atoms with Gasteiger partial charge in [-0.1, -0.05) is 30.3 Å². The van der Waals surface area contributed by atoms with E-state index in [1.165, 1.54) is 6.07 Å². The lowest BCUT2D eigenvalue weighted by atomic mass is 9.98. The molecule has 1 atom stereocenters. The van der Waals surface area contributed by atoms with E-state index in [0.717, 1.165) is 23.2 Å². The molecule has 2 aromatic carbocycles. The highest BCUT2D eigenvalue weighted by Gasteiger charge is 2.35. The zero-order valence-electron chi connectivity index (χ0n) is 11.8. The van der Waals surface area contributed by atoms with Crippen LogP contribution in [-0.4, -0.2) is 24.3 Å². The second-order valence-electron chi connectivity index (χ2n) is 5.46. The number of nitrogens with zero attached hydrogens (tertiary/aromatic N) is 2. The molecule has 0 spiro atoms. The van der Waals surface area contributed by atoms with Crippen molar-refractivity contribution in [3.05, 3.63) is 65.0 Å². The van der Waals surface area contributed by atoms with Gasteiger partial charge in [-0.3, -0.25) is 9.79 Å². The summed E-state index contributed by atoms with van der Waals surface area (Å²) in [5, 5.41) is 0. The molecule has 1 amide bonds. The van der Waals surface area contributed by atoms with Crippen molar-refractivity contribution >= 4 is 17.3 Å². The third kappa shape index (κ3) is 1.79. The van der Waals surface area contributed by atoms with Crippen LogP contribution in [0.3, 0.4) is 0 Å². The number of carbonyl (C=O) groups is 1. The van der Waals surface area contributed by atoms with E-state index in [1.54, 1.807) is 23.1 Å². The van der Waals surface area contributed by atoms with Crippen LogP contribution in [0.15, 0.2) is 47.5 Å². The van der Waals surface area contributed by atoms with Gasteiger partial charge in [0.2, 0.25) is 0 Å². The number of aliphatic imine (C=N–C) groups is 1. The molecular weight excluding hydrogens is 281 g/mol. The molecule has 4 nitrogen and oxygen atoms in total. The van der Waals surface area contributed by atoms with Crippen LogP contribution in [0.1, 0.15) is 16.7 Å². The highest BCUT2D eigenvalue weighted by atomic mass is 19.1. The summed E-state index contributed by atoms with van der Waals surface area (Å²) < 4.78 is 14.2. The average molecular weight is 295 g/mol. The summed E-state index contributed by atoms with van der Waals surface area (Å²) in [4.78, 5) is 18.4. The fraction of sp³-hybridized carbons (Fsp3) is 0.176. The lowest BCUT2D eigenvalue weighted by molar-refractivity contribution is -0.119. The first-order valence-corrected chi connectivity index (χ1v) is 7.19. The Morgan fingerprint density at radius 1 is 1.14 bits per heavy atom. The molecular formula is C17H14FN3O. The van der Waals surface area contributed by atoms with Gasteiger partial charge >= 0.3 is 0 Å². The van der Waals surface area contributed by atoms with E-state index in [1.807, 2.05) is 18.2 Å². The van der Waals surface area contributed by atoms with Gasteiger partial charge in [-0.25, -0.2) is 4.39 Å². The van der Waals surface area contributed by atoms with Gasteiger partial charge in [-0.2, -0.15) is 0 Å². The number of halogens is 1. The molecule has 22 heavy (non-hydrogen) atoms. The van der Waals surface area contributed by atoms with Crippen LogP contribution in [0.25, 0.3) is 0 Å². The Kier molecular flexibility index (Phi) is 2.84. The predicted molar refractivity (Wildman–Crippen MR) is 82.5 cm³/mol. The van der Waals surface area contributed by atoms with Crippen LogP contribution in [0.5, 0.6) is 0 Å². The van der Waals surface area contributed by atoms with E-state index in [4.69, 9.17) is 5.73 Å². The zero-order valence-corrected chi connectivity index (χ0v) is 11.8. The second-order valence-corrected chi connectivity index (χ2v) is 5.46. The number of carbonyl (C=O) groups excluding carboxylic acids is 1. The standard InChI is InChI=1S/C17H14FN3O/c18-13-7-2-1-5-11(13)14-12-6-3-4-10-8-9-21(15(10)12)17(22)16(19)20-14/h1-7,16H,8-9,19H2/t16-/m1/s1. The van der Waals surface area contributed by atoms with Crippen LogP contribution in [0.4, 0.5) is 10.1 Å². The molecule has 0 aliphatic carbocycles. The molecule has 0 unspecified atom stereocenters. The Balaban J connectivity index is 2.01. The van der Waals surface area contributed by atoms with Crippen molar-refractivity contribution in [3.8, 4) is 0 Å². The summed E-state index contributed by atoms with van der Waals surface area (Å²) in [6, 6.07) is 12.2. The SMILES string of the molecule is N[C@@H]1N=C(c2ccccc2F)c2cccc3c2N(CC3)C1=O. The van der Waals surface area contributed by atoms with Crippen LogP contribution >= 0.6 is 0 Å². The minimum atomic E-state index is -1.01. The van der Waals surface area contributed by atoms with Gasteiger partial charge in [-0.05, 0) is 24.1 Å². The number of para-hydroxylation sites is 1. The molecule has 0 aromatic heterocycles. The van der Waals surface area contributed by atoms with E-state index in [2.05, 4.69) is 4.99 Å². The maximum absolute atomic E-state index is 14.2. The van der Waals surface area contributed by atoms with Crippen LogP contribution in [0.2, 0.25) is 0 Å². The first-order valence-electron chi connectivity index (χ1n) is 7.19. The van der Waals surface area contributed by atoms with Gasteiger partial charge in [0.05, 0.1) is 11.4 Å². The number of benzene rings is 2. The summed E-state index contributed by atoms with van der Waals surface area (Å²) in [7, 11) is 0. The van der Waals surface area contributed by atoms with Crippen LogP contribution < -0.4 is 10.6 Å². The first-order chi connectivity index (χ1) is 10.7. The summed E-state index contributed by atoms with van der Waals surface area (Å²) in [5.41, 5.74) is 9.40. The van der Waals surface area contributed by atoms with Gasteiger partial charge in [0.15, 0.2) is 6.17 Å². The van der Waals surface area contributed by atoms with Crippen molar-refractivity contribution in [2.75, 3.05) is 11.4 Å². The van der Waals surface area contributed by atoms with E-state index in [-0.39, 0.29) is 11.7 Å². The largest absolute Gasteiger partial charge is 0.308 e.